The zero-order valence-electron chi connectivity index (χ0n) is 11.2. The van der Waals surface area contributed by atoms with Crippen LogP contribution < -0.4 is 10.2 Å². The molecule has 1 aliphatic rings. The largest absolute Gasteiger partial charge is 0.360 e. The highest BCUT2D eigenvalue weighted by molar-refractivity contribution is 5.54. The Morgan fingerprint density at radius 3 is 2.94 bits per heavy atom. The van der Waals surface area contributed by atoms with E-state index in [0.29, 0.717) is 12.6 Å². The van der Waals surface area contributed by atoms with Gasteiger partial charge in [-0.2, -0.15) is 0 Å². The van der Waals surface area contributed by atoms with Crippen LogP contribution in [-0.2, 0) is 6.54 Å². The molecule has 18 heavy (non-hydrogen) atoms. The molecule has 1 fully saturated rings. The number of pyridine rings is 1. The number of nitrogens with zero attached hydrogens (tertiary/aromatic N) is 2. The normalized spacial score (nSPS) is 14.3. The standard InChI is InChI=1S/C15H21N3/c1-4-8-18(5-2)15-9-12(3)16-10-13(15)11-17-14-6-7-14/h1,9-10,14,17H,5-8,11H2,2-3H3. The Kier molecular flexibility index (Phi) is 4.22. The molecule has 1 aromatic rings. The topological polar surface area (TPSA) is 28.2 Å². The second-order valence-corrected chi connectivity index (χ2v) is 4.83. The average Bonchev–Trinajstić information content (AvgIpc) is 3.18. The first-order valence-electron chi connectivity index (χ1n) is 6.62. The third-order valence-corrected chi connectivity index (χ3v) is 3.26. The Morgan fingerprint density at radius 2 is 2.33 bits per heavy atom. The van der Waals surface area contributed by atoms with Crippen molar-refractivity contribution in [1.29, 1.82) is 0 Å². The zero-order chi connectivity index (χ0) is 13.0. The fraction of sp³-hybridized carbons (Fsp3) is 0.533. The van der Waals surface area contributed by atoms with Gasteiger partial charge in [0.2, 0.25) is 0 Å². The molecule has 0 saturated heterocycles. The number of terminal acetylenes is 1. The van der Waals surface area contributed by atoms with Crippen molar-refractivity contribution >= 4 is 5.69 Å². The van der Waals surface area contributed by atoms with Gasteiger partial charge in [-0.1, -0.05) is 5.92 Å². The molecule has 1 N–H and O–H groups in total. The highest BCUT2D eigenvalue weighted by Gasteiger charge is 2.21. The Hall–Kier alpha value is -1.53. The molecule has 0 aromatic carbocycles. The number of nitrogens with one attached hydrogen (secondary N) is 1. The van der Waals surface area contributed by atoms with E-state index in [2.05, 4.69) is 34.1 Å². The molecule has 3 nitrogen and oxygen atoms in total. The summed E-state index contributed by atoms with van der Waals surface area (Å²) in [6.07, 6.45) is 10.0. The van der Waals surface area contributed by atoms with Crippen molar-refractivity contribution in [1.82, 2.24) is 10.3 Å². The maximum absolute atomic E-state index is 5.44. The first-order valence-corrected chi connectivity index (χ1v) is 6.62. The van der Waals surface area contributed by atoms with Crippen molar-refractivity contribution in [2.75, 3.05) is 18.0 Å². The van der Waals surface area contributed by atoms with Gasteiger partial charge in [0.05, 0.1) is 6.54 Å². The van der Waals surface area contributed by atoms with Crippen LogP contribution in [0.1, 0.15) is 31.0 Å². The molecule has 0 unspecified atom stereocenters. The molecule has 0 atom stereocenters. The molecule has 1 aliphatic carbocycles. The zero-order valence-corrected chi connectivity index (χ0v) is 11.2. The van der Waals surface area contributed by atoms with E-state index < -0.39 is 0 Å². The van der Waals surface area contributed by atoms with Gasteiger partial charge in [-0.05, 0) is 32.8 Å². The molecule has 0 amide bonds. The Balaban J connectivity index is 2.17. The first-order chi connectivity index (χ1) is 8.74. The minimum absolute atomic E-state index is 0.649. The smallest absolute Gasteiger partial charge is 0.0791 e. The lowest BCUT2D eigenvalue weighted by Gasteiger charge is -2.24. The molecule has 1 heterocycles. The second-order valence-electron chi connectivity index (χ2n) is 4.83. The van der Waals surface area contributed by atoms with E-state index in [9.17, 15) is 0 Å². The SMILES string of the molecule is C#CCN(CC)c1cc(C)ncc1CNC1CC1. The van der Waals surface area contributed by atoms with Crippen molar-refractivity contribution in [2.24, 2.45) is 0 Å². The maximum Gasteiger partial charge on any atom is 0.0791 e. The van der Waals surface area contributed by atoms with E-state index in [1.165, 1.54) is 24.1 Å². The molecule has 96 valence electrons. The number of hydrogen-bond donors (Lipinski definition) is 1. The molecule has 1 aromatic heterocycles. The molecule has 3 heteroatoms. The van der Waals surface area contributed by atoms with Crippen LogP contribution in [0.15, 0.2) is 12.3 Å². The van der Waals surface area contributed by atoms with Gasteiger partial charge < -0.3 is 10.2 Å². The van der Waals surface area contributed by atoms with Crippen LogP contribution >= 0.6 is 0 Å². The van der Waals surface area contributed by atoms with E-state index in [4.69, 9.17) is 6.42 Å². The summed E-state index contributed by atoms with van der Waals surface area (Å²) in [5.41, 5.74) is 3.50. The Labute approximate surface area is 110 Å². The number of hydrogen-bond acceptors (Lipinski definition) is 3. The van der Waals surface area contributed by atoms with Crippen LogP contribution in [0.3, 0.4) is 0 Å². The second kappa shape index (κ2) is 5.88. The molecular formula is C15H21N3. The molecule has 1 saturated carbocycles. The van der Waals surface area contributed by atoms with E-state index >= 15 is 0 Å². The van der Waals surface area contributed by atoms with Gasteiger partial charge in [0.25, 0.3) is 0 Å². The highest BCUT2D eigenvalue weighted by atomic mass is 15.1. The van der Waals surface area contributed by atoms with Crippen LogP contribution in [-0.4, -0.2) is 24.1 Å². The third-order valence-electron chi connectivity index (χ3n) is 3.26. The lowest BCUT2D eigenvalue weighted by molar-refractivity contribution is 0.683. The van der Waals surface area contributed by atoms with Gasteiger partial charge in [-0.25, -0.2) is 0 Å². The van der Waals surface area contributed by atoms with E-state index in [-0.39, 0.29) is 0 Å². The summed E-state index contributed by atoms with van der Waals surface area (Å²) >= 11 is 0. The van der Waals surface area contributed by atoms with Crippen LogP contribution in [0.25, 0.3) is 0 Å². The molecule has 2 rings (SSSR count). The number of aromatic nitrogens is 1. The summed E-state index contributed by atoms with van der Waals surface area (Å²) in [5.74, 6) is 2.73. The summed E-state index contributed by atoms with van der Waals surface area (Å²) in [7, 11) is 0. The molecule has 0 aliphatic heterocycles. The first kappa shape index (κ1) is 12.9. The quantitative estimate of drug-likeness (QED) is 0.776. The number of anilines is 1. The van der Waals surface area contributed by atoms with Gasteiger partial charge >= 0.3 is 0 Å². The summed E-state index contributed by atoms with van der Waals surface area (Å²) in [5, 5.41) is 3.54. The molecule has 0 spiro atoms. The van der Waals surface area contributed by atoms with Crippen molar-refractivity contribution in [3.63, 3.8) is 0 Å². The molecule has 0 bridgehead atoms. The van der Waals surface area contributed by atoms with Gasteiger partial charge in [0, 0.05) is 42.3 Å². The fourth-order valence-corrected chi connectivity index (χ4v) is 2.02. The summed E-state index contributed by atoms with van der Waals surface area (Å²) in [6.45, 7) is 6.60. The van der Waals surface area contributed by atoms with Crippen molar-refractivity contribution < 1.29 is 0 Å². The summed E-state index contributed by atoms with van der Waals surface area (Å²) in [4.78, 5) is 6.62. The maximum atomic E-state index is 5.44. The van der Waals surface area contributed by atoms with Crippen LogP contribution in [0, 0.1) is 19.3 Å². The lowest BCUT2D eigenvalue weighted by Crippen LogP contribution is -2.26. The van der Waals surface area contributed by atoms with Crippen molar-refractivity contribution in [3.8, 4) is 12.3 Å². The molecular weight excluding hydrogens is 222 g/mol. The van der Waals surface area contributed by atoms with Crippen molar-refractivity contribution in [3.05, 3.63) is 23.5 Å². The monoisotopic (exact) mass is 243 g/mol. The Morgan fingerprint density at radius 1 is 1.56 bits per heavy atom. The fourth-order valence-electron chi connectivity index (χ4n) is 2.02. The minimum Gasteiger partial charge on any atom is -0.360 e. The van der Waals surface area contributed by atoms with E-state index in [1.807, 2.05) is 13.1 Å². The highest BCUT2D eigenvalue weighted by Crippen LogP contribution is 2.23. The van der Waals surface area contributed by atoms with Gasteiger partial charge in [-0.3, -0.25) is 4.98 Å². The predicted molar refractivity (Wildman–Crippen MR) is 75.6 cm³/mol. The lowest BCUT2D eigenvalue weighted by atomic mass is 10.1. The Bertz CT molecular complexity index is 444. The minimum atomic E-state index is 0.649. The van der Waals surface area contributed by atoms with Gasteiger partial charge in [0.15, 0.2) is 0 Å². The number of rotatable bonds is 6. The van der Waals surface area contributed by atoms with Crippen LogP contribution in [0.4, 0.5) is 5.69 Å². The van der Waals surface area contributed by atoms with Crippen molar-refractivity contribution in [2.45, 2.75) is 39.3 Å². The van der Waals surface area contributed by atoms with E-state index in [1.54, 1.807) is 0 Å². The van der Waals surface area contributed by atoms with Crippen LogP contribution in [0.5, 0.6) is 0 Å². The third kappa shape index (κ3) is 3.24. The van der Waals surface area contributed by atoms with Gasteiger partial charge in [0.1, 0.15) is 0 Å². The van der Waals surface area contributed by atoms with Gasteiger partial charge in [-0.15, -0.1) is 6.42 Å². The molecule has 0 radical (unpaired) electrons. The predicted octanol–water partition coefficient (Wildman–Crippen LogP) is 2.10. The summed E-state index contributed by atoms with van der Waals surface area (Å²) in [6, 6.07) is 2.84. The number of aryl methyl sites for hydroxylation is 1. The average molecular weight is 243 g/mol. The van der Waals surface area contributed by atoms with E-state index in [0.717, 1.165) is 18.8 Å². The summed E-state index contributed by atoms with van der Waals surface area (Å²) < 4.78 is 0. The van der Waals surface area contributed by atoms with Crippen LogP contribution in [0.2, 0.25) is 0 Å².